The minimum Gasteiger partial charge on any atom is -0.332 e. The second kappa shape index (κ2) is 3.62. The van der Waals surface area contributed by atoms with Crippen LogP contribution in [-0.4, -0.2) is 20.7 Å². The van der Waals surface area contributed by atoms with Crippen molar-refractivity contribution in [1.29, 1.82) is 0 Å². The van der Waals surface area contributed by atoms with Crippen LogP contribution in [0.5, 0.6) is 0 Å². The molecule has 1 N–H and O–H groups in total. The SMILES string of the molecule is C=CCSc1nc2ncccc2[nH]1. The van der Waals surface area contributed by atoms with Crippen LogP contribution in [0, 0.1) is 0 Å². The van der Waals surface area contributed by atoms with Crippen molar-refractivity contribution in [2.24, 2.45) is 0 Å². The summed E-state index contributed by atoms with van der Waals surface area (Å²) in [6, 6.07) is 3.86. The van der Waals surface area contributed by atoms with Gasteiger partial charge in [0.15, 0.2) is 10.8 Å². The summed E-state index contributed by atoms with van der Waals surface area (Å²) in [5, 5.41) is 0.897. The molecule has 2 aromatic rings. The number of rotatable bonds is 3. The normalized spacial score (nSPS) is 10.5. The standard InChI is InChI=1S/C9H9N3S/c1-2-6-13-9-11-7-4-3-5-10-8(7)12-9/h2-5H,1,6H2,(H,10,11,12). The predicted molar refractivity (Wildman–Crippen MR) is 54.8 cm³/mol. The van der Waals surface area contributed by atoms with Crippen molar-refractivity contribution in [3.63, 3.8) is 0 Å². The number of pyridine rings is 1. The Morgan fingerprint density at radius 1 is 1.62 bits per heavy atom. The fourth-order valence-electron chi connectivity index (χ4n) is 1.03. The van der Waals surface area contributed by atoms with E-state index in [1.165, 1.54) is 0 Å². The highest BCUT2D eigenvalue weighted by Gasteiger charge is 2.01. The summed E-state index contributed by atoms with van der Waals surface area (Å²) in [4.78, 5) is 11.6. The Labute approximate surface area is 80.3 Å². The van der Waals surface area contributed by atoms with Gasteiger partial charge in [0.1, 0.15) is 0 Å². The maximum Gasteiger partial charge on any atom is 0.178 e. The number of nitrogens with zero attached hydrogens (tertiary/aromatic N) is 2. The zero-order valence-electron chi connectivity index (χ0n) is 7.03. The number of fused-ring (bicyclic) bond motifs is 1. The van der Waals surface area contributed by atoms with Gasteiger partial charge in [0.25, 0.3) is 0 Å². The highest BCUT2D eigenvalue weighted by Crippen LogP contribution is 2.17. The minimum absolute atomic E-state index is 0.772. The molecule has 0 fully saturated rings. The van der Waals surface area contributed by atoms with Crippen molar-refractivity contribution in [2.45, 2.75) is 5.16 Å². The van der Waals surface area contributed by atoms with Gasteiger partial charge in [-0.05, 0) is 12.1 Å². The van der Waals surface area contributed by atoms with Crippen LogP contribution in [0.15, 0.2) is 36.1 Å². The van der Waals surface area contributed by atoms with Gasteiger partial charge in [-0.3, -0.25) is 0 Å². The third-order valence-corrected chi connectivity index (χ3v) is 2.44. The van der Waals surface area contributed by atoms with Gasteiger partial charge in [0, 0.05) is 11.9 Å². The molecule has 0 saturated heterocycles. The molecule has 0 aliphatic rings. The van der Waals surface area contributed by atoms with Gasteiger partial charge in [0.2, 0.25) is 0 Å². The van der Waals surface area contributed by atoms with E-state index in [0.29, 0.717) is 0 Å². The third kappa shape index (κ3) is 1.72. The average molecular weight is 191 g/mol. The van der Waals surface area contributed by atoms with Crippen molar-refractivity contribution in [3.05, 3.63) is 31.0 Å². The molecule has 0 radical (unpaired) electrons. The fraction of sp³-hybridized carbons (Fsp3) is 0.111. The molecular formula is C9H9N3S. The molecule has 0 saturated carbocycles. The van der Waals surface area contributed by atoms with Crippen LogP contribution in [-0.2, 0) is 0 Å². The molecular weight excluding hydrogens is 182 g/mol. The minimum atomic E-state index is 0.772. The van der Waals surface area contributed by atoms with E-state index < -0.39 is 0 Å². The van der Waals surface area contributed by atoms with E-state index >= 15 is 0 Å². The van der Waals surface area contributed by atoms with Crippen LogP contribution in [0.25, 0.3) is 11.2 Å². The van der Waals surface area contributed by atoms with E-state index in [9.17, 15) is 0 Å². The molecule has 0 unspecified atom stereocenters. The maximum atomic E-state index is 4.30. The van der Waals surface area contributed by atoms with Crippen molar-refractivity contribution in [1.82, 2.24) is 15.0 Å². The summed E-state index contributed by atoms with van der Waals surface area (Å²) in [7, 11) is 0. The highest BCUT2D eigenvalue weighted by molar-refractivity contribution is 7.99. The number of imidazole rings is 1. The lowest BCUT2D eigenvalue weighted by Crippen LogP contribution is -1.75. The van der Waals surface area contributed by atoms with Gasteiger partial charge < -0.3 is 4.98 Å². The average Bonchev–Trinajstić information content (AvgIpc) is 2.57. The van der Waals surface area contributed by atoms with Gasteiger partial charge in [-0.2, -0.15) is 0 Å². The Bertz CT molecular complexity index is 388. The first-order valence-corrected chi connectivity index (χ1v) is 4.93. The van der Waals surface area contributed by atoms with Gasteiger partial charge in [-0.25, -0.2) is 9.97 Å². The van der Waals surface area contributed by atoms with E-state index in [1.807, 2.05) is 18.2 Å². The Morgan fingerprint density at radius 3 is 3.31 bits per heavy atom. The first-order valence-electron chi connectivity index (χ1n) is 3.94. The second-order valence-electron chi connectivity index (χ2n) is 2.52. The van der Waals surface area contributed by atoms with E-state index in [1.54, 1.807) is 18.0 Å². The molecule has 0 aliphatic heterocycles. The zero-order chi connectivity index (χ0) is 9.10. The summed E-state index contributed by atoms with van der Waals surface area (Å²) >= 11 is 1.62. The van der Waals surface area contributed by atoms with Crippen LogP contribution in [0.3, 0.4) is 0 Å². The number of thioether (sulfide) groups is 1. The quantitative estimate of drug-likeness (QED) is 0.597. The molecule has 2 heterocycles. The molecule has 3 nitrogen and oxygen atoms in total. The van der Waals surface area contributed by atoms with Gasteiger partial charge in [-0.15, -0.1) is 6.58 Å². The topological polar surface area (TPSA) is 41.6 Å². The number of hydrogen-bond acceptors (Lipinski definition) is 3. The lowest BCUT2D eigenvalue weighted by molar-refractivity contribution is 1.08. The number of H-pyrrole nitrogens is 1. The molecule has 0 atom stereocenters. The van der Waals surface area contributed by atoms with Crippen LogP contribution >= 0.6 is 11.8 Å². The van der Waals surface area contributed by atoms with Crippen LogP contribution in [0.2, 0.25) is 0 Å². The van der Waals surface area contributed by atoms with Gasteiger partial charge in [-0.1, -0.05) is 17.8 Å². The Morgan fingerprint density at radius 2 is 2.54 bits per heavy atom. The first kappa shape index (κ1) is 8.31. The monoisotopic (exact) mass is 191 g/mol. The van der Waals surface area contributed by atoms with E-state index in [4.69, 9.17) is 0 Å². The second-order valence-corrected chi connectivity index (χ2v) is 3.52. The Hall–Kier alpha value is -1.29. The van der Waals surface area contributed by atoms with E-state index in [0.717, 1.165) is 22.1 Å². The van der Waals surface area contributed by atoms with E-state index in [2.05, 4.69) is 21.5 Å². The van der Waals surface area contributed by atoms with Gasteiger partial charge in [0.05, 0.1) is 5.52 Å². The smallest absolute Gasteiger partial charge is 0.178 e. The number of nitrogens with one attached hydrogen (secondary N) is 1. The summed E-state index contributed by atoms with van der Waals surface area (Å²) < 4.78 is 0. The summed E-state index contributed by atoms with van der Waals surface area (Å²) in [6.07, 6.45) is 3.59. The molecule has 0 spiro atoms. The summed E-state index contributed by atoms with van der Waals surface area (Å²) in [5.41, 5.74) is 1.75. The van der Waals surface area contributed by atoms with E-state index in [-0.39, 0.29) is 0 Å². The molecule has 0 bridgehead atoms. The molecule has 2 aromatic heterocycles. The van der Waals surface area contributed by atoms with Crippen molar-refractivity contribution < 1.29 is 0 Å². The molecule has 2 rings (SSSR count). The van der Waals surface area contributed by atoms with Gasteiger partial charge >= 0.3 is 0 Å². The number of aromatic nitrogens is 3. The molecule has 13 heavy (non-hydrogen) atoms. The fourth-order valence-corrected chi connectivity index (χ4v) is 1.64. The Kier molecular flexibility index (Phi) is 2.31. The molecule has 66 valence electrons. The molecule has 0 aromatic carbocycles. The van der Waals surface area contributed by atoms with Crippen molar-refractivity contribution >= 4 is 22.9 Å². The summed E-state index contributed by atoms with van der Waals surface area (Å²) in [5.74, 6) is 0.861. The largest absolute Gasteiger partial charge is 0.332 e. The summed E-state index contributed by atoms with van der Waals surface area (Å²) in [6.45, 7) is 3.65. The van der Waals surface area contributed by atoms with Crippen molar-refractivity contribution in [3.8, 4) is 0 Å². The van der Waals surface area contributed by atoms with Crippen molar-refractivity contribution in [2.75, 3.05) is 5.75 Å². The van der Waals surface area contributed by atoms with Crippen LogP contribution in [0.1, 0.15) is 0 Å². The zero-order valence-corrected chi connectivity index (χ0v) is 7.84. The van der Waals surface area contributed by atoms with Crippen LogP contribution in [0.4, 0.5) is 0 Å². The van der Waals surface area contributed by atoms with Crippen LogP contribution < -0.4 is 0 Å². The lowest BCUT2D eigenvalue weighted by Gasteiger charge is -1.87. The first-order chi connectivity index (χ1) is 6.40. The lowest BCUT2D eigenvalue weighted by atomic mass is 10.4. The third-order valence-electron chi connectivity index (χ3n) is 1.57. The predicted octanol–water partition coefficient (Wildman–Crippen LogP) is 2.24. The molecule has 0 aliphatic carbocycles. The Balaban J connectivity index is 2.32. The highest BCUT2D eigenvalue weighted by atomic mass is 32.2. The molecule has 4 heteroatoms. The molecule has 0 amide bonds. The maximum absolute atomic E-state index is 4.30. The number of aromatic amines is 1. The number of hydrogen-bond donors (Lipinski definition) is 1.